The summed E-state index contributed by atoms with van der Waals surface area (Å²) in [4.78, 5) is 14.1. The average Bonchev–Trinajstić information content (AvgIpc) is 2.72. The molecule has 0 aromatic heterocycles. The molecule has 29 heavy (non-hydrogen) atoms. The summed E-state index contributed by atoms with van der Waals surface area (Å²) in [5.41, 5.74) is 2.08. The van der Waals surface area contributed by atoms with Crippen molar-refractivity contribution < 1.29 is 14.3 Å². The molecule has 2 aromatic carbocycles. The fourth-order valence-corrected chi connectivity index (χ4v) is 3.83. The van der Waals surface area contributed by atoms with Gasteiger partial charge in [0, 0.05) is 23.1 Å². The summed E-state index contributed by atoms with van der Waals surface area (Å²) in [6.07, 6.45) is 1.69. The van der Waals surface area contributed by atoms with Gasteiger partial charge in [0.05, 0.1) is 19.6 Å². The average molecular weight is 459 g/mol. The number of likely N-dealkylation sites (tertiary alicyclic amines) is 1. The molecule has 0 amide bonds. The third-order valence-corrected chi connectivity index (χ3v) is 5.58. The van der Waals surface area contributed by atoms with E-state index < -0.39 is 0 Å². The van der Waals surface area contributed by atoms with Crippen LogP contribution in [-0.4, -0.2) is 44.2 Å². The van der Waals surface area contributed by atoms with Gasteiger partial charge >= 0.3 is 5.97 Å². The standard InChI is InChI=1S/C22H25Cl2NO3.ClH/c1-27-22(26)18-3-2-12-25(15-18)13-14-28-21(16-4-8-19(23)9-5-16)17-6-10-20(24)11-7-17;/h4-11,18,21H,2-3,12-15H2,1H3;1H. The fraction of sp³-hybridized carbons (Fsp3) is 0.409. The Morgan fingerprint density at radius 2 is 1.62 bits per heavy atom. The van der Waals surface area contributed by atoms with Gasteiger partial charge in [0.2, 0.25) is 0 Å². The molecule has 0 spiro atoms. The second-order valence-electron chi connectivity index (χ2n) is 7.02. The molecule has 1 aliphatic rings. The maximum Gasteiger partial charge on any atom is 0.309 e. The Kier molecular flexibility index (Phi) is 9.73. The van der Waals surface area contributed by atoms with E-state index in [0.717, 1.165) is 43.6 Å². The largest absolute Gasteiger partial charge is 0.469 e. The topological polar surface area (TPSA) is 38.8 Å². The Hall–Kier alpha value is -1.30. The zero-order valence-corrected chi connectivity index (χ0v) is 18.7. The first-order valence-corrected chi connectivity index (χ1v) is 10.2. The molecule has 0 bridgehead atoms. The van der Waals surface area contributed by atoms with E-state index in [4.69, 9.17) is 32.7 Å². The van der Waals surface area contributed by atoms with Crippen LogP contribution in [-0.2, 0) is 14.3 Å². The lowest BCUT2D eigenvalue weighted by molar-refractivity contribution is -0.147. The number of piperidine rings is 1. The Morgan fingerprint density at radius 1 is 1.07 bits per heavy atom. The van der Waals surface area contributed by atoms with Crippen molar-refractivity contribution in [1.82, 2.24) is 4.90 Å². The van der Waals surface area contributed by atoms with Crippen LogP contribution in [0.3, 0.4) is 0 Å². The molecular formula is C22H26Cl3NO3. The number of nitrogens with zero attached hydrogens (tertiary/aromatic N) is 1. The number of halogens is 3. The van der Waals surface area contributed by atoms with Crippen molar-refractivity contribution in [2.75, 3.05) is 33.4 Å². The molecule has 0 saturated carbocycles. The maximum atomic E-state index is 11.8. The molecule has 0 N–H and O–H groups in total. The Labute approximate surface area is 188 Å². The number of esters is 1. The van der Waals surface area contributed by atoms with Crippen molar-refractivity contribution in [1.29, 1.82) is 0 Å². The summed E-state index contributed by atoms with van der Waals surface area (Å²) in [6, 6.07) is 15.4. The van der Waals surface area contributed by atoms with Gasteiger partial charge in [-0.2, -0.15) is 0 Å². The van der Waals surface area contributed by atoms with Gasteiger partial charge in [0.15, 0.2) is 0 Å². The van der Waals surface area contributed by atoms with Crippen LogP contribution in [0.1, 0.15) is 30.1 Å². The van der Waals surface area contributed by atoms with Crippen molar-refractivity contribution in [2.45, 2.75) is 18.9 Å². The van der Waals surface area contributed by atoms with Gasteiger partial charge in [-0.05, 0) is 54.8 Å². The molecule has 1 saturated heterocycles. The highest BCUT2D eigenvalue weighted by Crippen LogP contribution is 2.28. The number of ether oxygens (including phenoxy) is 2. The van der Waals surface area contributed by atoms with Crippen LogP contribution in [0.2, 0.25) is 10.0 Å². The molecule has 1 atom stereocenters. The molecule has 3 rings (SSSR count). The Balaban J connectivity index is 0.00000300. The van der Waals surface area contributed by atoms with Gasteiger partial charge in [0.25, 0.3) is 0 Å². The van der Waals surface area contributed by atoms with E-state index in [2.05, 4.69) is 4.90 Å². The second kappa shape index (κ2) is 11.8. The molecule has 4 nitrogen and oxygen atoms in total. The maximum absolute atomic E-state index is 11.8. The van der Waals surface area contributed by atoms with Crippen LogP contribution in [0.4, 0.5) is 0 Å². The number of carbonyl (C=O) groups excluding carboxylic acids is 1. The third-order valence-electron chi connectivity index (χ3n) is 5.08. The number of hydrogen-bond donors (Lipinski definition) is 0. The molecule has 0 radical (unpaired) electrons. The van der Waals surface area contributed by atoms with E-state index in [9.17, 15) is 4.79 Å². The fourth-order valence-electron chi connectivity index (χ4n) is 3.58. The van der Waals surface area contributed by atoms with Crippen molar-refractivity contribution in [2.24, 2.45) is 5.92 Å². The van der Waals surface area contributed by atoms with Gasteiger partial charge < -0.3 is 14.4 Å². The quantitative estimate of drug-likeness (QED) is 0.520. The van der Waals surface area contributed by atoms with E-state index in [0.29, 0.717) is 16.7 Å². The highest BCUT2D eigenvalue weighted by Gasteiger charge is 2.26. The van der Waals surface area contributed by atoms with E-state index in [-0.39, 0.29) is 30.4 Å². The molecule has 1 unspecified atom stereocenters. The molecule has 7 heteroatoms. The summed E-state index contributed by atoms with van der Waals surface area (Å²) in [5, 5.41) is 1.39. The summed E-state index contributed by atoms with van der Waals surface area (Å²) in [5.74, 6) is -0.159. The first kappa shape index (κ1) is 24.0. The van der Waals surface area contributed by atoms with Crippen LogP contribution in [0.5, 0.6) is 0 Å². The summed E-state index contributed by atoms with van der Waals surface area (Å²) < 4.78 is 11.2. The molecule has 2 aromatic rings. The highest BCUT2D eigenvalue weighted by molar-refractivity contribution is 6.30. The zero-order chi connectivity index (χ0) is 19.9. The predicted octanol–water partition coefficient (Wildman–Crippen LogP) is 5.41. The molecular weight excluding hydrogens is 433 g/mol. The van der Waals surface area contributed by atoms with Crippen molar-refractivity contribution >= 4 is 41.6 Å². The molecule has 158 valence electrons. The Morgan fingerprint density at radius 3 is 2.14 bits per heavy atom. The summed E-state index contributed by atoms with van der Waals surface area (Å²) in [7, 11) is 1.45. The molecule has 1 heterocycles. The summed E-state index contributed by atoms with van der Waals surface area (Å²) in [6.45, 7) is 3.03. The molecule has 0 aliphatic carbocycles. The van der Waals surface area contributed by atoms with Gasteiger partial charge in [-0.15, -0.1) is 12.4 Å². The van der Waals surface area contributed by atoms with Crippen LogP contribution >= 0.6 is 35.6 Å². The number of benzene rings is 2. The molecule has 1 aliphatic heterocycles. The van der Waals surface area contributed by atoms with Crippen LogP contribution in [0.15, 0.2) is 48.5 Å². The van der Waals surface area contributed by atoms with E-state index in [1.807, 2.05) is 48.5 Å². The lowest BCUT2D eigenvalue weighted by Crippen LogP contribution is -2.40. The number of carbonyl (C=O) groups is 1. The number of methoxy groups -OCH3 is 1. The first-order valence-electron chi connectivity index (χ1n) is 9.49. The lowest BCUT2D eigenvalue weighted by Gasteiger charge is -2.31. The lowest BCUT2D eigenvalue weighted by atomic mass is 9.98. The highest BCUT2D eigenvalue weighted by atomic mass is 35.5. The predicted molar refractivity (Wildman–Crippen MR) is 119 cm³/mol. The minimum Gasteiger partial charge on any atom is -0.469 e. The van der Waals surface area contributed by atoms with Crippen LogP contribution in [0.25, 0.3) is 0 Å². The minimum atomic E-state index is -0.198. The van der Waals surface area contributed by atoms with Gasteiger partial charge in [-0.1, -0.05) is 47.5 Å². The van der Waals surface area contributed by atoms with E-state index in [1.165, 1.54) is 7.11 Å². The van der Waals surface area contributed by atoms with Gasteiger partial charge in [-0.25, -0.2) is 0 Å². The van der Waals surface area contributed by atoms with Crippen LogP contribution in [0, 0.1) is 5.92 Å². The zero-order valence-electron chi connectivity index (χ0n) is 16.4. The van der Waals surface area contributed by atoms with Crippen LogP contribution < -0.4 is 0 Å². The monoisotopic (exact) mass is 457 g/mol. The van der Waals surface area contributed by atoms with Gasteiger partial charge in [-0.3, -0.25) is 4.79 Å². The SMILES string of the molecule is COC(=O)C1CCCN(CCOC(c2ccc(Cl)cc2)c2ccc(Cl)cc2)C1.Cl. The van der Waals surface area contributed by atoms with Crippen molar-refractivity contribution in [3.63, 3.8) is 0 Å². The number of hydrogen-bond acceptors (Lipinski definition) is 4. The minimum absolute atomic E-state index is 0. The van der Waals surface area contributed by atoms with Gasteiger partial charge in [0.1, 0.15) is 6.10 Å². The Bertz CT molecular complexity index is 722. The van der Waals surface area contributed by atoms with E-state index >= 15 is 0 Å². The third kappa shape index (κ3) is 6.87. The van der Waals surface area contributed by atoms with E-state index in [1.54, 1.807) is 0 Å². The van der Waals surface area contributed by atoms with Crippen molar-refractivity contribution in [3.8, 4) is 0 Å². The second-order valence-corrected chi connectivity index (χ2v) is 7.89. The molecule has 1 fully saturated rings. The first-order chi connectivity index (χ1) is 13.6. The van der Waals surface area contributed by atoms with Crippen molar-refractivity contribution in [3.05, 3.63) is 69.7 Å². The smallest absolute Gasteiger partial charge is 0.309 e. The normalized spacial score (nSPS) is 17.0. The summed E-state index contributed by atoms with van der Waals surface area (Å²) >= 11 is 12.1. The number of rotatable bonds is 7.